The van der Waals surface area contributed by atoms with Crippen molar-refractivity contribution in [2.45, 2.75) is 83.4 Å². The predicted octanol–water partition coefficient (Wildman–Crippen LogP) is 7.62. The number of rotatable bonds is 8. The molecule has 0 saturated carbocycles. The number of benzene rings is 3. The fourth-order valence-electron chi connectivity index (χ4n) is 4.98. The molecular formula is C32H45NOP2S. The van der Waals surface area contributed by atoms with Crippen molar-refractivity contribution < 1.29 is 4.21 Å². The van der Waals surface area contributed by atoms with Gasteiger partial charge >= 0.3 is 0 Å². The van der Waals surface area contributed by atoms with E-state index >= 15 is 0 Å². The Morgan fingerprint density at radius 2 is 1.11 bits per heavy atom. The Balaban J connectivity index is 2.19. The van der Waals surface area contributed by atoms with Crippen LogP contribution in [-0.2, 0) is 11.0 Å². The minimum Gasteiger partial charge on any atom is -0.242 e. The van der Waals surface area contributed by atoms with Gasteiger partial charge in [0.25, 0.3) is 0 Å². The summed E-state index contributed by atoms with van der Waals surface area (Å²) in [5.41, 5.74) is 1.30. The Morgan fingerprint density at radius 1 is 0.676 bits per heavy atom. The Morgan fingerprint density at radius 3 is 1.54 bits per heavy atom. The summed E-state index contributed by atoms with van der Waals surface area (Å²) in [4.78, 5) is 0. The fraction of sp³-hybridized carbons (Fsp3) is 0.438. The molecule has 0 bridgehead atoms. The number of hydrogen-bond acceptors (Lipinski definition) is 1. The first-order chi connectivity index (χ1) is 17.2. The highest BCUT2D eigenvalue weighted by Crippen LogP contribution is 2.59. The van der Waals surface area contributed by atoms with Crippen molar-refractivity contribution in [1.82, 2.24) is 4.72 Å². The van der Waals surface area contributed by atoms with Crippen molar-refractivity contribution in [2.75, 3.05) is 6.16 Å². The van der Waals surface area contributed by atoms with Crippen molar-refractivity contribution in [2.24, 2.45) is 0 Å². The largest absolute Gasteiger partial charge is 0.242 e. The minimum atomic E-state index is -1.19. The molecule has 37 heavy (non-hydrogen) atoms. The average molecular weight is 554 g/mol. The highest BCUT2D eigenvalue weighted by Gasteiger charge is 2.38. The Kier molecular flexibility index (Phi) is 9.96. The lowest BCUT2D eigenvalue weighted by molar-refractivity contribution is 0.618. The first-order valence-corrected chi connectivity index (χ1v) is 17.2. The quantitative estimate of drug-likeness (QED) is 0.286. The average Bonchev–Trinajstić information content (AvgIpc) is 2.81. The highest BCUT2D eigenvalue weighted by molar-refractivity contribution is 7.84. The van der Waals surface area contributed by atoms with Gasteiger partial charge < -0.3 is 0 Å². The van der Waals surface area contributed by atoms with E-state index in [0.717, 1.165) is 6.16 Å². The summed E-state index contributed by atoms with van der Waals surface area (Å²) in [7, 11) is -2.36. The number of nitrogens with one attached hydrogen (secondary N) is 1. The molecule has 200 valence electrons. The molecule has 0 aromatic heterocycles. The lowest BCUT2D eigenvalue weighted by Gasteiger charge is -2.43. The molecule has 0 aliphatic heterocycles. The molecule has 1 N–H and O–H groups in total. The lowest BCUT2D eigenvalue weighted by Crippen LogP contribution is -2.40. The molecule has 0 aliphatic carbocycles. The van der Waals surface area contributed by atoms with Crippen molar-refractivity contribution in [3.63, 3.8) is 0 Å². The summed E-state index contributed by atoms with van der Waals surface area (Å²) in [5.74, 6) is 0. The maximum atomic E-state index is 13.6. The van der Waals surface area contributed by atoms with Gasteiger partial charge in [0.15, 0.2) is 0 Å². The van der Waals surface area contributed by atoms with Gasteiger partial charge in [0.05, 0.1) is 15.7 Å². The van der Waals surface area contributed by atoms with E-state index in [4.69, 9.17) is 0 Å². The van der Waals surface area contributed by atoms with Crippen LogP contribution >= 0.6 is 15.8 Å². The summed E-state index contributed by atoms with van der Waals surface area (Å²) in [6.07, 6.45) is 0.889. The third-order valence-electron chi connectivity index (χ3n) is 6.20. The van der Waals surface area contributed by atoms with E-state index in [2.05, 4.69) is 131 Å². The van der Waals surface area contributed by atoms with Gasteiger partial charge in [-0.2, -0.15) is 0 Å². The van der Waals surface area contributed by atoms with Crippen LogP contribution in [0.5, 0.6) is 0 Å². The molecule has 0 heterocycles. The fourth-order valence-corrected chi connectivity index (χ4v) is 12.5. The van der Waals surface area contributed by atoms with E-state index in [9.17, 15) is 4.21 Å². The second kappa shape index (κ2) is 12.2. The lowest BCUT2D eigenvalue weighted by atomic mass is 10.1. The second-order valence-corrected chi connectivity index (χ2v) is 20.7. The Hall–Kier alpha value is -1.37. The summed E-state index contributed by atoms with van der Waals surface area (Å²) >= 11 is 0. The SMILES string of the molecule is CC(C)(C)P(c1ccccc1[C@@H](CP(c1ccccc1)c1ccccc1)NS(=O)C(C)(C)C)C(C)(C)C. The maximum Gasteiger partial charge on any atom is 0.0976 e. The van der Waals surface area contributed by atoms with Gasteiger partial charge in [-0.25, -0.2) is 8.93 Å². The standard InChI is InChI=1S/C32H45NOP2S/c1-30(2,3)36(31(4,5)6)29-23-17-16-22-27(29)28(33-37(34)32(7,8)9)24-35(25-18-12-10-13-19-25)26-20-14-11-15-21-26/h10-23,28,33H,24H2,1-9H3/t28-,37?/m1/s1. The zero-order valence-electron chi connectivity index (χ0n) is 24.1. The smallest absolute Gasteiger partial charge is 0.0976 e. The second-order valence-electron chi connectivity index (χ2n) is 12.6. The van der Waals surface area contributed by atoms with Crippen LogP contribution in [0.15, 0.2) is 84.9 Å². The van der Waals surface area contributed by atoms with E-state index in [-0.39, 0.29) is 21.1 Å². The molecule has 2 nitrogen and oxygen atoms in total. The van der Waals surface area contributed by atoms with Crippen LogP contribution in [0.4, 0.5) is 0 Å². The van der Waals surface area contributed by atoms with Gasteiger partial charge in [-0.05, 0) is 66.6 Å². The molecule has 3 aromatic carbocycles. The van der Waals surface area contributed by atoms with Crippen LogP contribution in [0.25, 0.3) is 0 Å². The topological polar surface area (TPSA) is 29.1 Å². The predicted molar refractivity (Wildman–Crippen MR) is 170 cm³/mol. The van der Waals surface area contributed by atoms with Crippen LogP contribution in [0.3, 0.4) is 0 Å². The Bertz CT molecular complexity index is 1110. The zero-order valence-corrected chi connectivity index (χ0v) is 26.7. The van der Waals surface area contributed by atoms with Crippen molar-refractivity contribution in [3.05, 3.63) is 90.5 Å². The summed E-state index contributed by atoms with van der Waals surface area (Å²) in [6.45, 7) is 20.4. The minimum absolute atomic E-state index is 0.0301. The summed E-state index contributed by atoms with van der Waals surface area (Å²) < 4.78 is 16.9. The first-order valence-electron chi connectivity index (χ1n) is 13.1. The van der Waals surface area contributed by atoms with Gasteiger partial charge in [-0.3, -0.25) is 0 Å². The van der Waals surface area contributed by atoms with Gasteiger partial charge in [0, 0.05) is 6.04 Å². The molecule has 5 heteroatoms. The summed E-state index contributed by atoms with van der Waals surface area (Å²) in [6, 6.07) is 30.6. The molecule has 0 radical (unpaired) electrons. The van der Waals surface area contributed by atoms with Crippen LogP contribution in [0, 0.1) is 0 Å². The monoisotopic (exact) mass is 553 g/mol. The molecule has 0 spiro atoms. The van der Waals surface area contributed by atoms with Crippen molar-refractivity contribution in [1.29, 1.82) is 0 Å². The molecular weight excluding hydrogens is 508 g/mol. The van der Waals surface area contributed by atoms with Gasteiger partial charge in [0.2, 0.25) is 0 Å². The van der Waals surface area contributed by atoms with Crippen molar-refractivity contribution in [3.8, 4) is 0 Å². The third kappa shape index (κ3) is 8.06. The van der Waals surface area contributed by atoms with Gasteiger partial charge in [0.1, 0.15) is 0 Å². The maximum absolute atomic E-state index is 13.6. The van der Waals surface area contributed by atoms with E-state index in [1.165, 1.54) is 21.5 Å². The van der Waals surface area contributed by atoms with E-state index < -0.39 is 26.8 Å². The molecule has 0 amide bonds. The molecule has 2 atom stereocenters. The van der Waals surface area contributed by atoms with Crippen LogP contribution < -0.4 is 20.6 Å². The van der Waals surface area contributed by atoms with Crippen molar-refractivity contribution >= 4 is 42.7 Å². The molecule has 0 saturated heterocycles. The normalized spacial score (nSPS) is 14.7. The Labute approximate surface area is 231 Å². The molecule has 0 aliphatic rings. The van der Waals surface area contributed by atoms with E-state index in [1.54, 1.807) is 0 Å². The van der Waals surface area contributed by atoms with Crippen LogP contribution in [0.2, 0.25) is 0 Å². The third-order valence-corrected chi connectivity index (χ3v) is 14.0. The highest BCUT2D eigenvalue weighted by atomic mass is 32.2. The first kappa shape index (κ1) is 30.2. The molecule has 0 fully saturated rings. The van der Waals surface area contributed by atoms with E-state index in [0.29, 0.717) is 0 Å². The molecule has 3 rings (SSSR count). The van der Waals surface area contributed by atoms with E-state index in [1.807, 2.05) is 20.8 Å². The summed E-state index contributed by atoms with van der Waals surface area (Å²) in [5, 5.41) is 4.41. The molecule has 1 unspecified atom stereocenters. The van der Waals surface area contributed by atoms with Crippen LogP contribution in [-0.4, -0.2) is 25.4 Å². The van der Waals surface area contributed by atoms with Gasteiger partial charge in [-0.15, -0.1) is 0 Å². The zero-order chi connectivity index (χ0) is 27.4. The van der Waals surface area contributed by atoms with Crippen LogP contribution in [0.1, 0.15) is 73.9 Å². The molecule has 3 aromatic rings. The number of hydrogen-bond donors (Lipinski definition) is 1. The van der Waals surface area contributed by atoms with Gasteiger partial charge in [-0.1, -0.05) is 134 Å².